The van der Waals surface area contributed by atoms with Gasteiger partial charge in [-0.25, -0.2) is 4.39 Å². The fourth-order valence-corrected chi connectivity index (χ4v) is 2.03. The number of benzene rings is 2. The van der Waals surface area contributed by atoms with Crippen LogP contribution in [0.15, 0.2) is 54.6 Å². The normalized spacial score (nSPS) is 12.1. The highest BCUT2D eigenvalue weighted by molar-refractivity contribution is 5.38. The minimum atomic E-state index is -0.790. The molecule has 7 heteroatoms. The van der Waals surface area contributed by atoms with E-state index in [0.717, 1.165) is 5.69 Å². The molecule has 0 fully saturated rings. The Hall–Kier alpha value is -2.80. The van der Waals surface area contributed by atoms with Crippen molar-refractivity contribution in [3.63, 3.8) is 0 Å². The Morgan fingerprint density at radius 1 is 1.09 bits per heavy atom. The van der Waals surface area contributed by atoms with Gasteiger partial charge < -0.3 is 10.4 Å². The molecule has 0 saturated carbocycles. The second-order valence-corrected chi connectivity index (χ2v) is 4.70. The van der Waals surface area contributed by atoms with Crippen molar-refractivity contribution in [2.45, 2.75) is 6.10 Å². The minimum Gasteiger partial charge on any atom is -0.387 e. The molecule has 6 nitrogen and oxygen atoms in total. The number of rotatable bonds is 5. The first kappa shape index (κ1) is 14.2. The number of halogens is 1. The second kappa shape index (κ2) is 6.31. The van der Waals surface area contributed by atoms with E-state index in [1.54, 1.807) is 12.1 Å². The van der Waals surface area contributed by atoms with Crippen LogP contribution in [0.4, 0.5) is 10.3 Å². The third-order valence-electron chi connectivity index (χ3n) is 3.18. The maximum atomic E-state index is 12.9. The van der Waals surface area contributed by atoms with Crippen LogP contribution in [0.25, 0.3) is 5.69 Å². The molecule has 0 unspecified atom stereocenters. The lowest BCUT2D eigenvalue weighted by Gasteiger charge is -2.12. The summed E-state index contributed by atoms with van der Waals surface area (Å²) in [6, 6.07) is 15.1. The molecule has 112 valence electrons. The monoisotopic (exact) mass is 299 g/mol. The van der Waals surface area contributed by atoms with Gasteiger partial charge in [0.1, 0.15) is 5.82 Å². The van der Waals surface area contributed by atoms with E-state index in [0.29, 0.717) is 11.5 Å². The lowest BCUT2D eigenvalue weighted by molar-refractivity contribution is 0.191. The van der Waals surface area contributed by atoms with Crippen LogP contribution in [0, 0.1) is 5.82 Å². The SMILES string of the molecule is O[C@@H](CNc1nnnn1-c1ccccc1)c1ccc(F)cc1. The van der Waals surface area contributed by atoms with Gasteiger partial charge in [0.05, 0.1) is 11.8 Å². The molecule has 3 rings (SSSR count). The Bertz CT molecular complexity index is 729. The molecule has 0 aliphatic rings. The van der Waals surface area contributed by atoms with Gasteiger partial charge in [0.2, 0.25) is 5.95 Å². The predicted octanol–water partition coefficient (Wildman–Crippen LogP) is 1.95. The number of aromatic nitrogens is 4. The highest BCUT2D eigenvalue weighted by Gasteiger charge is 2.11. The van der Waals surface area contributed by atoms with Crippen LogP contribution in [-0.2, 0) is 0 Å². The van der Waals surface area contributed by atoms with Gasteiger partial charge in [-0.2, -0.15) is 4.68 Å². The van der Waals surface area contributed by atoms with E-state index in [2.05, 4.69) is 20.8 Å². The van der Waals surface area contributed by atoms with Crippen molar-refractivity contribution in [1.82, 2.24) is 20.2 Å². The topological polar surface area (TPSA) is 75.9 Å². The molecule has 0 amide bonds. The average Bonchev–Trinajstić information content (AvgIpc) is 3.02. The van der Waals surface area contributed by atoms with Crippen LogP contribution in [0.1, 0.15) is 11.7 Å². The lowest BCUT2D eigenvalue weighted by Crippen LogP contribution is -2.15. The van der Waals surface area contributed by atoms with Crippen molar-refractivity contribution < 1.29 is 9.50 Å². The molecule has 0 bridgehead atoms. The summed E-state index contributed by atoms with van der Waals surface area (Å²) in [4.78, 5) is 0. The molecular formula is C15H14FN5O. The molecular weight excluding hydrogens is 285 g/mol. The number of para-hydroxylation sites is 1. The summed E-state index contributed by atoms with van der Waals surface area (Å²) >= 11 is 0. The van der Waals surface area contributed by atoms with Crippen molar-refractivity contribution in [1.29, 1.82) is 0 Å². The van der Waals surface area contributed by atoms with Crippen molar-refractivity contribution in [3.8, 4) is 5.69 Å². The first-order chi connectivity index (χ1) is 10.7. The third-order valence-corrected chi connectivity index (χ3v) is 3.18. The zero-order valence-electron chi connectivity index (χ0n) is 11.6. The molecule has 0 aliphatic heterocycles. The van der Waals surface area contributed by atoms with Gasteiger partial charge in [0.25, 0.3) is 0 Å². The molecule has 2 N–H and O–H groups in total. The molecule has 0 radical (unpaired) electrons. The largest absolute Gasteiger partial charge is 0.387 e. The molecule has 1 heterocycles. The number of hydrogen-bond acceptors (Lipinski definition) is 5. The zero-order valence-corrected chi connectivity index (χ0v) is 11.6. The number of nitrogens with one attached hydrogen (secondary N) is 1. The summed E-state index contributed by atoms with van der Waals surface area (Å²) in [6.45, 7) is 0.207. The maximum Gasteiger partial charge on any atom is 0.247 e. The first-order valence-electron chi connectivity index (χ1n) is 6.75. The van der Waals surface area contributed by atoms with Crippen LogP contribution >= 0.6 is 0 Å². The third kappa shape index (κ3) is 3.09. The summed E-state index contributed by atoms with van der Waals surface area (Å²) in [7, 11) is 0. The van der Waals surface area contributed by atoms with Gasteiger partial charge in [0, 0.05) is 6.54 Å². The van der Waals surface area contributed by atoms with Gasteiger partial charge >= 0.3 is 0 Å². The summed E-state index contributed by atoms with van der Waals surface area (Å²) in [5, 5.41) is 24.5. The maximum absolute atomic E-state index is 12.9. The van der Waals surface area contributed by atoms with E-state index in [4.69, 9.17) is 0 Å². The number of tetrazole rings is 1. The number of hydrogen-bond donors (Lipinski definition) is 2. The quantitative estimate of drug-likeness (QED) is 0.753. The van der Waals surface area contributed by atoms with Crippen molar-refractivity contribution in [2.24, 2.45) is 0 Å². The summed E-state index contributed by atoms with van der Waals surface area (Å²) < 4.78 is 14.4. The van der Waals surface area contributed by atoms with E-state index in [1.165, 1.54) is 16.8 Å². The van der Waals surface area contributed by atoms with Crippen LogP contribution in [0.5, 0.6) is 0 Å². The Morgan fingerprint density at radius 2 is 1.82 bits per heavy atom. The fraction of sp³-hybridized carbons (Fsp3) is 0.133. The van der Waals surface area contributed by atoms with Crippen LogP contribution in [0.3, 0.4) is 0 Å². The number of aliphatic hydroxyl groups excluding tert-OH is 1. The van der Waals surface area contributed by atoms with Gasteiger partial charge in [-0.3, -0.25) is 0 Å². The molecule has 1 aromatic heterocycles. The van der Waals surface area contributed by atoms with Crippen LogP contribution in [-0.4, -0.2) is 31.9 Å². The highest BCUT2D eigenvalue weighted by Crippen LogP contribution is 2.15. The number of aliphatic hydroxyl groups is 1. The van der Waals surface area contributed by atoms with Crippen LogP contribution < -0.4 is 5.32 Å². The second-order valence-electron chi connectivity index (χ2n) is 4.70. The van der Waals surface area contributed by atoms with E-state index >= 15 is 0 Å². The smallest absolute Gasteiger partial charge is 0.247 e. The van der Waals surface area contributed by atoms with E-state index in [-0.39, 0.29) is 12.4 Å². The average molecular weight is 299 g/mol. The molecule has 1 atom stereocenters. The predicted molar refractivity (Wildman–Crippen MR) is 79.0 cm³/mol. The Morgan fingerprint density at radius 3 is 2.55 bits per heavy atom. The van der Waals surface area contributed by atoms with Crippen molar-refractivity contribution >= 4 is 5.95 Å². The van der Waals surface area contributed by atoms with Crippen molar-refractivity contribution in [2.75, 3.05) is 11.9 Å². The van der Waals surface area contributed by atoms with E-state index < -0.39 is 6.10 Å². The van der Waals surface area contributed by atoms with Crippen LogP contribution in [0.2, 0.25) is 0 Å². The Labute approximate surface area is 126 Å². The molecule has 2 aromatic carbocycles. The number of anilines is 1. The Balaban J connectivity index is 1.70. The molecule has 22 heavy (non-hydrogen) atoms. The fourth-order valence-electron chi connectivity index (χ4n) is 2.03. The Kier molecular flexibility index (Phi) is 4.06. The molecule has 0 saturated heterocycles. The highest BCUT2D eigenvalue weighted by atomic mass is 19.1. The van der Waals surface area contributed by atoms with Gasteiger partial charge in [-0.15, -0.1) is 0 Å². The van der Waals surface area contributed by atoms with Gasteiger partial charge in [0.15, 0.2) is 0 Å². The molecule has 3 aromatic rings. The molecule has 0 aliphatic carbocycles. The number of nitrogens with zero attached hydrogens (tertiary/aromatic N) is 4. The summed E-state index contributed by atoms with van der Waals surface area (Å²) in [6.07, 6.45) is -0.790. The van der Waals surface area contributed by atoms with Gasteiger partial charge in [-0.05, 0) is 40.3 Å². The standard InChI is InChI=1S/C15H14FN5O/c16-12-8-6-11(7-9-12)14(22)10-17-15-18-19-20-21(15)13-4-2-1-3-5-13/h1-9,14,22H,10H2,(H,17,18,20)/t14-/m0/s1. The first-order valence-corrected chi connectivity index (χ1v) is 6.75. The van der Waals surface area contributed by atoms with Crippen molar-refractivity contribution in [3.05, 3.63) is 66.0 Å². The van der Waals surface area contributed by atoms with E-state index in [9.17, 15) is 9.50 Å². The summed E-state index contributed by atoms with van der Waals surface area (Å²) in [5.41, 5.74) is 1.43. The summed E-state index contributed by atoms with van der Waals surface area (Å²) in [5.74, 6) is 0.0873. The van der Waals surface area contributed by atoms with Gasteiger partial charge in [-0.1, -0.05) is 35.4 Å². The minimum absolute atomic E-state index is 0.207. The lowest BCUT2D eigenvalue weighted by atomic mass is 10.1. The molecule has 0 spiro atoms. The zero-order chi connectivity index (χ0) is 15.4. The van der Waals surface area contributed by atoms with E-state index in [1.807, 2.05) is 30.3 Å².